The second-order valence-electron chi connectivity index (χ2n) is 5.75. The average molecular weight is 469 g/mol. The van der Waals surface area contributed by atoms with Gasteiger partial charge >= 0.3 is 5.97 Å². The number of amides is 1. The molecule has 9 heteroatoms. The predicted molar refractivity (Wildman–Crippen MR) is 110 cm³/mol. The molecule has 1 amide bonds. The maximum absolute atomic E-state index is 12.6. The van der Waals surface area contributed by atoms with Crippen LogP contribution in [0.1, 0.15) is 24.2 Å². The number of carbonyl (C=O) groups is 2. The fourth-order valence-electron chi connectivity index (χ4n) is 2.47. The van der Waals surface area contributed by atoms with Gasteiger partial charge in [-0.25, -0.2) is 13.2 Å². The van der Waals surface area contributed by atoms with E-state index >= 15 is 0 Å². The fourth-order valence-corrected chi connectivity index (χ4v) is 4.38. The molecule has 0 aliphatic carbocycles. The number of halogens is 1. The summed E-state index contributed by atoms with van der Waals surface area (Å²) < 4.78 is 32.2. The van der Waals surface area contributed by atoms with E-state index in [2.05, 4.69) is 21.2 Å². The van der Waals surface area contributed by atoms with Crippen LogP contribution in [0.3, 0.4) is 0 Å². The van der Waals surface area contributed by atoms with E-state index in [0.29, 0.717) is 18.8 Å². The predicted octanol–water partition coefficient (Wildman–Crippen LogP) is 3.28. The fraction of sp³-hybridized carbons (Fsp3) is 0.263. The van der Waals surface area contributed by atoms with Gasteiger partial charge in [0.1, 0.15) is 0 Å². The summed E-state index contributed by atoms with van der Waals surface area (Å²) in [5, 5.41) is 2.61. The lowest BCUT2D eigenvalue weighted by Crippen LogP contribution is -2.30. The number of nitrogens with zero attached hydrogens (tertiary/aromatic N) is 1. The number of ether oxygens (including phenoxy) is 1. The van der Waals surface area contributed by atoms with Crippen molar-refractivity contribution in [3.8, 4) is 0 Å². The molecule has 0 saturated carbocycles. The Bertz CT molecular complexity index is 958. The summed E-state index contributed by atoms with van der Waals surface area (Å²) >= 11 is 3.30. The van der Waals surface area contributed by atoms with E-state index in [1.807, 2.05) is 6.07 Å². The highest BCUT2D eigenvalue weighted by atomic mass is 79.9. The summed E-state index contributed by atoms with van der Waals surface area (Å²) in [7, 11) is -3.69. The Hall–Kier alpha value is -2.23. The molecule has 0 unspecified atom stereocenters. The van der Waals surface area contributed by atoms with Crippen LogP contribution in [0.15, 0.2) is 57.9 Å². The molecule has 150 valence electrons. The Morgan fingerprint density at radius 3 is 2.39 bits per heavy atom. The third kappa shape index (κ3) is 5.63. The SMILES string of the molecule is CCN(CC)S(=O)(=O)c1cccc(C(=O)OCC(=O)Nc2cccc(Br)c2)c1. The summed E-state index contributed by atoms with van der Waals surface area (Å²) in [5.74, 6) is -1.28. The molecule has 0 spiro atoms. The molecular weight excluding hydrogens is 448 g/mol. The standard InChI is InChI=1S/C19H21BrN2O5S/c1-3-22(4-2)28(25,26)17-10-5-7-14(11-17)19(24)27-13-18(23)21-16-9-6-8-15(20)12-16/h5-12H,3-4,13H2,1-2H3,(H,21,23). The van der Waals surface area contributed by atoms with Gasteiger partial charge in [-0.3, -0.25) is 4.79 Å². The van der Waals surface area contributed by atoms with Crippen LogP contribution in [0.25, 0.3) is 0 Å². The minimum atomic E-state index is -3.69. The highest BCUT2D eigenvalue weighted by Crippen LogP contribution is 2.18. The zero-order valence-electron chi connectivity index (χ0n) is 15.5. The van der Waals surface area contributed by atoms with E-state index in [4.69, 9.17) is 4.74 Å². The number of nitrogens with one attached hydrogen (secondary N) is 1. The molecule has 0 atom stereocenters. The highest BCUT2D eigenvalue weighted by molar-refractivity contribution is 9.10. The van der Waals surface area contributed by atoms with Crippen molar-refractivity contribution in [2.24, 2.45) is 0 Å². The lowest BCUT2D eigenvalue weighted by molar-refractivity contribution is -0.119. The van der Waals surface area contributed by atoms with E-state index in [1.165, 1.54) is 28.6 Å². The van der Waals surface area contributed by atoms with Crippen molar-refractivity contribution in [1.82, 2.24) is 4.31 Å². The normalized spacial score (nSPS) is 11.3. The van der Waals surface area contributed by atoms with Gasteiger partial charge in [0.15, 0.2) is 6.61 Å². The van der Waals surface area contributed by atoms with Gasteiger partial charge in [-0.15, -0.1) is 0 Å². The van der Waals surface area contributed by atoms with Gasteiger partial charge in [0.25, 0.3) is 5.91 Å². The van der Waals surface area contributed by atoms with E-state index in [0.717, 1.165) is 4.47 Å². The molecule has 0 bridgehead atoms. The smallest absolute Gasteiger partial charge is 0.338 e. The number of benzene rings is 2. The third-order valence-electron chi connectivity index (χ3n) is 3.86. The number of anilines is 1. The first-order valence-electron chi connectivity index (χ1n) is 8.60. The number of sulfonamides is 1. The van der Waals surface area contributed by atoms with Gasteiger partial charge in [0.05, 0.1) is 10.5 Å². The lowest BCUT2D eigenvalue weighted by atomic mass is 10.2. The summed E-state index contributed by atoms with van der Waals surface area (Å²) in [4.78, 5) is 24.2. The number of rotatable bonds is 8. The minimum absolute atomic E-state index is 0.00392. The Morgan fingerprint density at radius 1 is 1.07 bits per heavy atom. The van der Waals surface area contributed by atoms with Crippen LogP contribution in [0.5, 0.6) is 0 Å². The molecule has 7 nitrogen and oxygen atoms in total. The van der Waals surface area contributed by atoms with Gasteiger partial charge in [-0.1, -0.05) is 41.9 Å². The number of hydrogen-bond donors (Lipinski definition) is 1. The maximum Gasteiger partial charge on any atom is 0.338 e. The first kappa shape index (κ1) is 22.1. The van der Waals surface area contributed by atoms with Gasteiger partial charge in [0.2, 0.25) is 10.0 Å². The van der Waals surface area contributed by atoms with Crippen LogP contribution in [-0.2, 0) is 19.6 Å². The molecule has 2 rings (SSSR count). The highest BCUT2D eigenvalue weighted by Gasteiger charge is 2.23. The van der Waals surface area contributed by atoms with Crippen molar-refractivity contribution in [2.45, 2.75) is 18.7 Å². The Morgan fingerprint density at radius 2 is 1.75 bits per heavy atom. The minimum Gasteiger partial charge on any atom is -0.452 e. The Balaban J connectivity index is 2.04. The molecule has 0 heterocycles. The second kappa shape index (κ2) is 9.81. The Kier molecular flexibility index (Phi) is 7.73. The van der Waals surface area contributed by atoms with E-state index < -0.39 is 28.5 Å². The zero-order chi connectivity index (χ0) is 20.7. The third-order valence-corrected chi connectivity index (χ3v) is 6.39. The molecule has 2 aromatic carbocycles. The van der Waals surface area contributed by atoms with Crippen LogP contribution < -0.4 is 5.32 Å². The van der Waals surface area contributed by atoms with E-state index in [-0.39, 0.29) is 10.5 Å². The van der Waals surface area contributed by atoms with Gasteiger partial charge in [-0.05, 0) is 36.4 Å². The molecule has 0 aliphatic rings. The van der Waals surface area contributed by atoms with Crippen molar-refractivity contribution in [3.05, 3.63) is 58.6 Å². The number of esters is 1. The first-order chi connectivity index (χ1) is 13.3. The summed E-state index contributed by atoms with van der Waals surface area (Å²) in [6.07, 6.45) is 0. The molecule has 0 saturated heterocycles. The summed E-state index contributed by atoms with van der Waals surface area (Å²) in [6, 6.07) is 12.6. The summed E-state index contributed by atoms with van der Waals surface area (Å²) in [5.41, 5.74) is 0.617. The molecule has 2 aromatic rings. The molecule has 0 aliphatic heterocycles. The van der Waals surface area contributed by atoms with Crippen LogP contribution in [0, 0.1) is 0 Å². The molecule has 0 aromatic heterocycles. The van der Waals surface area contributed by atoms with Crippen molar-refractivity contribution in [2.75, 3.05) is 25.0 Å². The van der Waals surface area contributed by atoms with Crippen LogP contribution in [0.4, 0.5) is 5.69 Å². The van der Waals surface area contributed by atoms with Gasteiger partial charge < -0.3 is 10.1 Å². The largest absolute Gasteiger partial charge is 0.452 e. The zero-order valence-corrected chi connectivity index (χ0v) is 17.9. The maximum atomic E-state index is 12.6. The van der Waals surface area contributed by atoms with Crippen LogP contribution >= 0.6 is 15.9 Å². The van der Waals surface area contributed by atoms with Crippen molar-refractivity contribution >= 4 is 43.5 Å². The Labute approximate surface area is 172 Å². The number of hydrogen-bond acceptors (Lipinski definition) is 5. The van der Waals surface area contributed by atoms with Crippen molar-refractivity contribution in [1.29, 1.82) is 0 Å². The van der Waals surface area contributed by atoms with E-state index in [9.17, 15) is 18.0 Å². The van der Waals surface area contributed by atoms with Crippen LogP contribution in [-0.4, -0.2) is 44.3 Å². The second-order valence-corrected chi connectivity index (χ2v) is 8.61. The quantitative estimate of drug-likeness (QED) is 0.600. The molecule has 0 radical (unpaired) electrons. The molecule has 28 heavy (non-hydrogen) atoms. The van der Waals surface area contributed by atoms with Crippen molar-refractivity contribution < 1.29 is 22.7 Å². The monoisotopic (exact) mass is 468 g/mol. The van der Waals surface area contributed by atoms with Crippen molar-refractivity contribution in [3.63, 3.8) is 0 Å². The van der Waals surface area contributed by atoms with Gasteiger partial charge in [0, 0.05) is 23.2 Å². The first-order valence-corrected chi connectivity index (χ1v) is 10.8. The number of carbonyl (C=O) groups excluding carboxylic acids is 2. The molecule has 0 fully saturated rings. The average Bonchev–Trinajstić information content (AvgIpc) is 2.67. The molecular formula is C19H21BrN2O5S. The van der Waals surface area contributed by atoms with E-state index in [1.54, 1.807) is 32.0 Å². The summed E-state index contributed by atoms with van der Waals surface area (Å²) in [6.45, 7) is 3.64. The topological polar surface area (TPSA) is 92.8 Å². The van der Waals surface area contributed by atoms with Crippen LogP contribution in [0.2, 0.25) is 0 Å². The lowest BCUT2D eigenvalue weighted by Gasteiger charge is -2.18. The van der Waals surface area contributed by atoms with Gasteiger partial charge in [-0.2, -0.15) is 4.31 Å². The molecule has 1 N–H and O–H groups in total.